The average molecular weight is 505 g/mol. The van der Waals surface area contributed by atoms with Gasteiger partial charge in [-0.1, -0.05) is 24.3 Å². The third kappa shape index (κ3) is 6.07. The van der Waals surface area contributed by atoms with Crippen molar-refractivity contribution in [1.82, 2.24) is 20.0 Å². The van der Waals surface area contributed by atoms with Crippen LogP contribution in [0.2, 0.25) is 0 Å². The lowest BCUT2D eigenvalue weighted by molar-refractivity contribution is -0.117. The van der Waals surface area contributed by atoms with Crippen LogP contribution in [0.4, 0.5) is 18.9 Å². The Labute approximate surface area is 208 Å². The third-order valence-electron chi connectivity index (χ3n) is 6.54. The van der Waals surface area contributed by atoms with Crippen molar-refractivity contribution < 1.29 is 22.7 Å². The molecule has 1 aromatic heterocycles. The summed E-state index contributed by atoms with van der Waals surface area (Å²) in [7, 11) is 1.58. The van der Waals surface area contributed by atoms with Gasteiger partial charge in [-0.3, -0.25) is 9.48 Å². The molecule has 2 aromatic rings. The second kappa shape index (κ2) is 10.7. The number of halogens is 3. The Balaban J connectivity index is 1.58. The number of ether oxygens (including phenoxy) is 1. The lowest BCUT2D eigenvalue weighted by atomic mass is 9.97. The largest absolute Gasteiger partial charge is 0.416 e. The second-order valence-corrected chi connectivity index (χ2v) is 9.21. The van der Waals surface area contributed by atoms with Crippen LogP contribution in [0.25, 0.3) is 0 Å². The van der Waals surface area contributed by atoms with E-state index in [4.69, 9.17) is 10.5 Å². The molecule has 1 aromatic carbocycles. The average Bonchev–Trinajstić information content (AvgIpc) is 3.19. The van der Waals surface area contributed by atoms with Crippen LogP contribution in [0.15, 0.2) is 46.7 Å². The van der Waals surface area contributed by atoms with E-state index in [2.05, 4.69) is 15.4 Å². The number of likely N-dealkylation sites (N-methyl/N-ethyl adjacent to an activating group) is 1. The van der Waals surface area contributed by atoms with Gasteiger partial charge in [0, 0.05) is 26.0 Å². The zero-order chi connectivity index (χ0) is 25.9. The van der Waals surface area contributed by atoms with Crippen molar-refractivity contribution in [2.45, 2.75) is 51.2 Å². The van der Waals surface area contributed by atoms with E-state index in [-0.39, 0.29) is 31.1 Å². The first kappa shape index (κ1) is 25.7. The first-order chi connectivity index (χ1) is 17.1. The second-order valence-electron chi connectivity index (χ2n) is 9.21. The Bertz CT molecular complexity index is 1160. The van der Waals surface area contributed by atoms with Crippen molar-refractivity contribution in [3.63, 3.8) is 0 Å². The topological polar surface area (TPSA) is 97.8 Å². The van der Waals surface area contributed by atoms with Crippen LogP contribution in [0.5, 0.6) is 0 Å². The van der Waals surface area contributed by atoms with E-state index in [1.165, 1.54) is 4.90 Å². The van der Waals surface area contributed by atoms with Crippen molar-refractivity contribution >= 4 is 17.6 Å². The van der Waals surface area contributed by atoms with E-state index < -0.39 is 17.7 Å². The van der Waals surface area contributed by atoms with Gasteiger partial charge in [-0.2, -0.15) is 18.3 Å². The first-order valence-corrected chi connectivity index (χ1v) is 12.0. The summed E-state index contributed by atoms with van der Waals surface area (Å²) < 4.78 is 49.1. The molecule has 0 spiro atoms. The summed E-state index contributed by atoms with van der Waals surface area (Å²) in [4.78, 5) is 17.5. The van der Waals surface area contributed by atoms with Crippen molar-refractivity contribution in [2.24, 2.45) is 10.7 Å². The number of nitrogens with one attached hydrogen (secondary N) is 1. The first-order valence-electron chi connectivity index (χ1n) is 12.0. The summed E-state index contributed by atoms with van der Waals surface area (Å²) in [5, 5.41) is 7.53. The number of benzene rings is 1. The number of alkyl halides is 3. The summed E-state index contributed by atoms with van der Waals surface area (Å²) in [6.07, 6.45) is -0.459. The monoisotopic (exact) mass is 504 g/mol. The van der Waals surface area contributed by atoms with Crippen molar-refractivity contribution in [3.8, 4) is 0 Å². The zero-order valence-electron chi connectivity index (χ0n) is 20.4. The zero-order valence-corrected chi connectivity index (χ0v) is 20.4. The minimum absolute atomic E-state index is 0.0423. The lowest BCUT2D eigenvalue weighted by Gasteiger charge is -2.32. The van der Waals surface area contributed by atoms with Gasteiger partial charge in [0.15, 0.2) is 0 Å². The Kier molecular flexibility index (Phi) is 7.67. The summed E-state index contributed by atoms with van der Waals surface area (Å²) in [6, 6.07) is 7.38. The SMILES string of the molecule is Cc1nn(C2CCOCC2)cc1N=C1NC(CCc2ccccc2CC(N)=O)=C(C(F)(F)F)CN1C. The number of hydrogen-bond donors (Lipinski definition) is 2. The number of rotatable bonds is 7. The number of carbonyl (C=O) groups excluding carboxylic acids is 1. The Morgan fingerprint density at radius 3 is 2.58 bits per heavy atom. The Morgan fingerprint density at radius 2 is 1.92 bits per heavy atom. The maximum absolute atomic E-state index is 13.9. The maximum Gasteiger partial charge on any atom is 0.416 e. The molecule has 0 bridgehead atoms. The third-order valence-corrected chi connectivity index (χ3v) is 6.54. The van der Waals surface area contributed by atoms with Crippen molar-refractivity contribution in [2.75, 3.05) is 26.8 Å². The van der Waals surface area contributed by atoms with Gasteiger partial charge in [-0.15, -0.1) is 0 Å². The quantitative estimate of drug-likeness (QED) is 0.601. The molecule has 1 amide bonds. The molecule has 0 unspecified atom stereocenters. The Morgan fingerprint density at radius 1 is 1.22 bits per heavy atom. The number of aryl methyl sites for hydroxylation is 2. The van der Waals surface area contributed by atoms with Crippen LogP contribution in [0, 0.1) is 6.92 Å². The molecule has 1 fully saturated rings. The van der Waals surface area contributed by atoms with Crippen LogP contribution in [-0.4, -0.2) is 59.5 Å². The molecule has 3 N–H and O–H groups in total. The van der Waals surface area contributed by atoms with Crippen LogP contribution < -0.4 is 11.1 Å². The highest BCUT2D eigenvalue weighted by Crippen LogP contribution is 2.33. The maximum atomic E-state index is 13.9. The fourth-order valence-electron chi connectivity index (χ4n) is 4.55. The van der Waals surface area contributed by atoms with Gasteiger partial charge < -0.3 is 20.7 Å². The molecule has 194 valence electrons. The highest BCUT2D eigenvalue weighted by atomic mass is 19.4. The van der Waals surface area contributed by atoms with Gasteiger partial charge >= 0.3 is 6.18 Å². The number of primary amides is 1. The number of amides is 1. The molecule has 2 aliphatic rings. The van der Waals surface area contributed by atoms with Gasteiger partial charge in [0.25, 0.3) is 0 Å². The minimum Gasteiger partial charge on any atom is -0.381 e. The molecule has 0 saturated carbocycles. The van der Waals surface area contributed by atoms with Crippen molar-refractivity contribution in [1.29, 1.82) is 0 Å². The highest BCUT2D eigenvalue weighted by molar-refractivity contribution is 5.86. The summed E-state index contributed by atoms with van der Waals surface area (Å²) in [5.74, 6) is -0.154. The molecule has 0 atom stereocenters. The van der Waals surface area contributed by atoms with Crippen LogP contribution in [0.3, 0.4) is 0 Å². The fourth-order valence-corrected chi connectivity index (χ4v) is 4.55. The predicted octanol–water partition coefficient (Wildman–Crippen LogP) is 3.54. The van der Waals surface area contributed by atoms with Crippen molar-refractivity contribution in [3.05, 3.63) is 58.6 Å². The Hall–Kier alpha value is -3.34. The van der Waals surface area contributed by atoms with E-state index >= 15 is 0 Å². The number of nitrogens with two attached hydrogens (primary N) is 1. The standard InChI is InChI=1S/C25H31F3N6O2/c1-16-22(15-34(32-16)19-9-11-36-12-10-19)31-24-30-21(20(14-33(24)2)25(26,27)28)8-7-17-5-3-4-6-18(17)13-23(29)35/h3-6,15,19H,7-14H2,1-2H3,(H2,29,35)(H,30,31). The summed E-state index contributed by atoms with van der Waals surface area (Å²) in [6.45, 7) is 2.87. The molecule has 0 aliphatic carbocycles. The minimum atomic E-state index is -4.49. The van der Waals surface area contributed by atoms with Gasteiger partial charge in [0.05, 0.1) is 36.5 Å². The molecular weight excluding hydrogens is 473 g/mol. The predicted molar refractivity (Wildman–Crippen MR) is 130 cm³/mol. The number of carbonyl (C=O) groups is 1. The lowest BCUT2D eigenvalue weighted by Crippen LogP contribution is -2.47. The molecular formula is C25H31F3N6O2. The molecule has 2 aliphatic heterocycles. The number of hydrogen-bond acceptors (Lipinski definition) is 4. The van der Waals surface area contributed by atoms with E-state index in [1.807, 2.05) is 23.9 Å². The van der Waals surface area contributed by atoms with Gasteiger partial charge in [0.2, 0.25) is 11.9 Å². The molecule has 11 heteroatoms. The van der Waals surface area contributed by atoms with Gasteiger partial charge in [0.1, 0.15) is 5.69 Å². The number of guanidine groups is 1. The van der Waals surface area contributed by atoms with Crippen LogP contribution in [-0.2, 0) is 22.4 Å². The van der Waals surface area contributed by atoms with E-state index in [9.17, 15) is 18.0 Å². The molecule has 4 rings (SSSR count). The molecule has 0 radical (unpaired) electrons. The smallest absolute Gasteiger partial charge is 0.381 e. The number of nitrogens with zero attached hydrogens (tertiary/aromatic N) is 4. The summed E-state index contributed by atoms with van der Waals surface area (Å²) >= 11 is 0. The van der Waals surface area contributed by atoms with E-state index in [0.29, 0.717) is 37.0 Å². The molecule has 36 heavy (non-hydrogen) atoms. The molecule has 3 heterocycles. The molecule has 8 nitrogen and oxygen atoms in total. The number of aliphatic imine (C=N–C) groups is 1. The number of aromatic nitrogens is 2. The summed E-state index contributed by atoms with van der Waals surface area (Å²) in [5.41, 5.74) is 7.60. The molecule has 1 saturated heterocycles. The van der Waals surface area contributed by atoms with Crippen LogP contribution in [0.1, 0.15) is 42.1 Å². The van der Waals surface area contributed by atoms with E-state index in [0.717, 1.165) is 24.0 Å². The normalized spacial score (nSPS) is 18.6. The highest BCUT2D eigenvalue weighted by Gasteiger charge is 2.40. The van der Waals surface area contributed by atoms with Gasteiger partial charge in [-0.05, 0) is 43.7 Å². The van der Waals surface area contributed by atoms with Gasteiger partial charge in [-0.25, -0.2) is 4.99 Å². The van der Waals surface area contributed by atoms with E-state index in [1.54, 1.807) is 25.2 Å². The van der Waals surface area contributed by atoms with Crippen LogP contribution >= 0.6 is 0 Å². The number of allylic oxidation sites excluding steroid dienone is 1. The fraction of sp³-hybridized carbons (Fsp3) is 0.480.